The van der Waals surface area contributed by atoms with E-state index in [1.165, 1.54) is 0 Å². The summed E-state index contributed by atoms with van der Waals surface area (Å²) in [4.78, 5) is 9.59. The van der Waals surface area contributed by atoms with Crippen molar-refractivity contribution >= 4 is 22.4 Å². The summed E-state index contributed by atoms with van der Waals surface area (Å²) in [6, 6.07) is 17.1. The van der Waals surface area contributed by atoms with Crippen LogP contribution in [-0.2, 0) is 0 Å². The zero-order valence-electron chi connectivity index (χ0n) is 19.1. The molecule has 0 amide bonds. The quantitative estimate of drug-likeness (QED) is 0.400. The summed E-state index contributed by atoms with van der Waals surface area (Å²) in [7, 11) is 7.90. The first-order valence-corrected chi connectivity index (χ1v) is 10.2. The average molecular weight is 447 g/mol. The van der Waals surface area contributed by atoms with Crippen molar-refractivity contribution < 1.29 is 23.7 Å². The lowest BCUT2D eigenvalue weighted by Crippen LogP contribution is -2.02. The smallest absolute Gasteiger partial charge is 0.203 e. The number of benzene rings is 3. The number of aromatic nitrogens is 2. The van der Waals surface area contributed by atoms with E-state index in [1.807, 2.05) is 54.6 Å². The van der Waals surface area contributed by atoms with E-state index in [0.717, 1.165) is 10.9 Å². The van der Waals surface area contributed by atoms with Crippen LogP contribution in [0.15, 0.2) is 54.6 Å². The van der Waals surface area contributed by atoms with Gasteiger partial charge in [-0.3, -0.25) is 0 Å². The van der Waals surface area contributed by atoms with E-state index in [1.54, 1.807) is 35.5 Å². The molecule has 0 aliphatic carbocycles. The maximum absolute atomic E-state index is 5.50. The molecular formula is C25H25N3O5. The summed E-state index contributed by atoms with van der Waals surface area (Å²) >= 11 is 0. The fraction of sp³-hybridized carbons (Fsp3) is 0.200. The molecular weight excluding hydrogens is 422 g/mol. The lowest BCUT2D eigenvalue weighted by atomic mass is 10.1. The van der Waals surface area contributed by atoms with E-state index in [2.05, 4.69) is 5.32 Å². The third-order valence-corrected chi connectivity index (χ3v) is 5.16. The summed E-state index contributed by atoms with van der Waals surface area (Å²) in [5.74, 6) is 3.89. The molecule has 0 radical (unpaired) electrons. The predicted molar refractivity (Wildman–Crippen MR) is 127 cm³/mol. The van der Waals surface area contributed by atoms with Crippen molar-refractivity contribution in [2.45, 2.75) is 0 Å². The molecule has 1 N–H and O–H groups in total. The third kappa shape index (κ3) is 4.27. The second kappa shape index (κ2) is 9.52. The minimum atomic E-state index is 0.509. The van der Waals surface area contributed by atoms with Crippen LogP contribution in [0, 0.1) is 0 Å². The van der Waals surface area contributed by atoms with Gasteiger partial charge in [-0.15, -0.1) is 0 Å². The molecule has 170 valence electrons. The van der Waals surface area contributed by atoms with Gasteiger partial charge in [0.1, 0.15) is 5.82 Å². The fourth-order valence-corrected chi connectivity index (χ4v) is 3.56. The molecule has 0 atom stereocenters. The van der Waals surface area contributed by atoms with Gasteiger partial charge in [0, 0.05) is 34.8 Å². The third-order valence-electron chi connectivity index (χ3n) is 5.16. The molecule has 3 aromatic carbocycles. The molecule has 8 nitrogen and oxygen atoms in total. The van der Waals surface area contributed by atoms with Crippen LogP contribution in [0.25, 0.3) is 22.3 Å². The maximum atomic E-state index is 5.50. The largest absolute Gasteiger partial charge is 0.493 e. The number of anilines is 2. The van der Waals surface area contributed by atoms with E-state index in [9.17, 15) is 0 Å². The van der Waals surface area contributed by atoms with Crippen LogP contribution in [0.2, 0.25) is 0 Å². The van der Waals surface area contributed by atoms with Crippen molar-refractivity contribution in [3.63, 3.8) is 0 Å². The molecule has 4 aromatic rings. The van der Waals surface area contributed by atoms with Crippen molar-refractivity contribution in [3.8, 4) is 40.1 Å². The predicted octanol–water partition coefficient (Wildman–Crippen LogP) is 5.08. The molecule has 0 fully saturated rings. The number of methoxy groups -OCH3 is 5. The normalized spacial score (nSPS) is 10.6. The van der Waals surface area contributed by atoms with Crippen molar-refractivity contribution in [1.82, 2.24) is 9.97 Å². The molecule has 0 spiro atoms. The van der Waals surface area contributed by atoms with Crippen LogP contribution in [0.4, 0.5) is 11.5 Å². The molecule has 0 unspecified atom stereocenters. The summed E-state index contributed by atoms with van der Waals surface area (Å²) in [6.45, 7) is 0. The highest BCUT2D eigenvalue weighted by molar-refractivity contribution is 5.94. The molecule has 0 saturated heterocycles. The summed E-state index contributed by atoms with van der Waals surface area (Å²) in [6.07, 6.45) is 0. The molecule has 1 aromatic heterocycles. The van der Waals surface area contributed by atoms with Gasteiger partial charge in [-0.1, -0.05) is 30.3 Å². The fourth-order valence-electron chi connectivity index (χ4n) is 3.56. The molecule has 0 saturated carbocycles. The van der Waals surface area contributed by atoms with Gasteiger partial charge in [0.05, 0.1) is 41.1 Å². The number of rotatable bonds is 8. The van der Waals surface area contributed by atoms with E-state index in [4.69, 9.17) is 33.7 Å². The Balaban J connectivity index is 1.92. The number of nitrogens with zero attached hydrogens (tertiary/aromatic N) is 2. The number of hydrogen-bond acceptors (Lipinski definition) is 8. The zero-order valence-corrected chi connectivity index (χ0v) is 19.1. The molecule has 0 aliphatic rings. The summed E-state index contributed by atoms with van der Waals surface area (Å²) in [5, 5.41) is 4.15. The Morgan fingerprint density at radius 1 is 0.636 bits per heavy atom. The van der Waals surface area contributed by atoms with Crippen LogP contribution in [0.3, 0.4) is 0 Å². The minimum absolute atomic E-state index is 0.509. The summed E-state index contributed by atoms with van der Waals surface area (Å²) < 4.78 is 27.4. The van der Waals surface area contributed by atoms with E-state index in [-0.39, 0.29) is 0 Å². The molecule has 0 bridgehead atoms. The first-order chi connectivity index (χ1) is 16.1. The van der Waals surface area contributed by atoms with E-state index >= 15 is 0 Å². The van der Waals surface area contributed by atoms with Crippen molar-refractivity contribution in [2.75, 3.05) is 40.9 Å². The number of hydrogen-bond donors (Lipinski definition) is 1. The second-order valence-corrected chi connectivity index (χ2v) is 7.03. The number of nitrogens with one attached hydrogen (secondary N) is 1. The molecule has 0 aliphatic heterocycles. The van der Waals surface area contributed by atoms with E-state index in [0.29, 0.717) is 51.6 Å². The van der Waals surface area contributed by atoms with Crippen molar-refractivity contribution in [1.29, 1.82) is 0 Å². The Kier molecular flexibility index (Phi) is 6.35. The lowest BCUT2D eigenvalue weighted by molar-refractivity contribution is 0.324. The van der Waals surface area contributed by atoms with Gasteiger partial charge >= 0.3 is 0 Å². The van der Waals surface area contributed by atoms with Crippen LogP contribution in [0.5, 0.6) is 28.7 Å². The van der Waals surface area contributed by atoms with Gasteiger partial charge in [-0.2, -0.15) is 0 Å². The summed E-state index contributed by atoms with van der Waals surface area (Å²) in [5.41, 5.74) is 2.30. The first-order valence-electron chi connectivity index (χ1n) is 10.2. The Morgan fingerprint density at radius 3 is 1.82 bits per heavy atom. The van der Waals surface area contributed by atoms with E-state index < -0.39 is 0 Å². The zero-order chi connectivity index (χ0) is 23.4. The Morgan fingerprint density at radius 2 is 1.24 bits per heavy atom. The Bertz CT molecular complexity index is 1250. The first kappa shape index (κ1) is 22.0. The van der Waals surface area contributed by atoms with Gasteiger partial charge in [0.25, 0.3) is 0 Å². The monoisotopic (exact) mass is 447 g/mol. The minimum Gasteiger partial charge on any atom is -0.493 e. The van der Waals surface area contributed by atoms with Crippen LogP contribution >= 0.6 is 0 Å². The molecule has 33 heavy (non-hydrogen) atoms. The molecule has 8 heteroatoms. The van der Waals surface area contributed by atoms with Crippen LogP contribution < -0.4 is 29.0 Å². The van der Waals surface area contributed by atoms with Gasteiger partial charge in [-0.05, 0) is 6.07 Å². The van der Waals surface area contributed by atoms with Gasteiger partial charge in [-0.25, -0.2) is 9.97 Å². The van der Waals surface area contributed by atoms with Crippen LogP contribution in [0.1, 0.15) is 0 Å². The second-order valence-electron chi connectivity index (χ2n) is 7.03. The van der Waals surface area contributed by atoms with Crippen molar-refractivity contribution in [3.05, 3.63) is 54.6 Å². The topological polar surface area (TPSA) is 84.0 Å². The highest BCUT2D eigenvalue weighted by Crippen LogP contribution is 2.42. The number of ether oxygens (including phenoxy) is 5. The lowest BCUT2D eigenvalue weighted by Gasteiger charge is -2.17. The van der Waals surface area contributed by atoms with Gasteiger partial charge < -0.3 is 29.0 Å². The highest BCUT2D eigenvalue weighted by atomic mass is 16.5. The van der Waals surface area contributed by atoms with Crippen LogP contribution in [-0.4, -0.2) is 45.5 Å². The molecule has 4 rings (SSSR count). The maximum Gasteiger partial charge on any atom is 0.203 e. The average Bonchev–Trinajstić information content (AvgIpc) is 2.87. The van der Waals surface area contributed by atoms with Gasteiger partial charge in [0.2, 0.25) is 5.75 Å². The Labute approximate surface area is 192 Å². The van der Waals surface area contributed by atoms with Gasteiger partial charge in [0.15, 0.2) is 28.8 Å². The Hall–Kier alpha value is -4.20. The SMILES string of the molecule is COc1cc2nc(-c3ccccc3)nc(Nc3cc(OC)c(OC)c(OC)c3)c2cc1OC. The highest BCUT2D eigenvalue weighted by Gasteiger charge is 2.17. The standard InChI is InChI=1S/C25H25N3O5/c1-29-19-13-17-18(14-20(19)30-2)27-24(15-9-7-6-8-10-15)28-25(17)26-16-11-21(31-3)23(33-5)22(12-16)32-4/h6-14H,1-5H3,(H,26,27,28). The molecule has 1 heterocycles. The van der Waals surface area contributed by atoms with Crippen molar-refractivity contribution in [2.24, 2.45) is 0 Å². The number of fused-ring (bicyclic) bond motifs is 1.